The van der Waals surface area contributed by atoms with Gasteiger partial charge in [0.2, 0.25) is 0 Å². The monoisotopic (exact) mass is 296 g/mol. The fourth-order valence-corrected chi connectivity index (χ4v) is 1.87. The van der Waals surface area contributed by atoms with Gasteiger partial charge in [0.05, 0.1) is 21.8 Å². The van der Waals surface area contributed by atoms with Gasteiger partial charge in [-0.25, -0.2) is 0 Å². The van der Waals surface area contributed by atoms with Crippen LogP contribution in [-0.4, -0.2) is 4.98 Å². The maximum absolute atomic E-state index is 12.4. The number of halogens is 4. The molecule has 6 heteroatoms. The number of nitriles is 1. The summed E-state index contributed by atoms with van der Waals surface area (Å²) in [6.07, 6.45) is -2.67. The SMILES string of the molecule is N#Cc1cc(Cl)cnc1Cc1ccc(C(F)(F)F)cc1. The lowest BCUT2D eigenvalue weighted by Gasteiger charge is -2.08. The van der Waals surface area contributed by atoms with Crippen LogP contribution in [0.2, 0.25) is 5.02 Å². The van der Waals surface area contributed by atoms with Crippen molar-refractivity contribution < 1.29 is 13.2 Å². The minimum absolute atomic E-state index is 0.276. The molecule has 0 bridgehead atoms. The van der Waals surface area contributed by atoms with Crippen molar-refractivity contribution in [1.29, 1.82) is 5.26 Å². The second kappa shape index (κ2) is 5.51. The first-order valence-corrected chi connectivity index (χ1v) is 5.98. The van der Waals surface area contributed by atoms with Gasteiger partial charge in [-0.05, 0) is 23.8 Å². The zero-order valence-electron chi connectivity index (χ0n) is 10.1. The van der Waals surface area contributed by atoms with Crippen molar-refractivity contribution in [2.75, 3.05) is 0 Å². The number of pyridine rings is 1. The molecule has 0 fully saturated rings. The van der Waals surface area contributed by atoms with E-state index < -0.39 is 11.7 Å². The second-order valence-corrected chi connectivity index (χ2v) is 4.57. The van der Waals surface area contributed by atoms with Gasteiger partial charge < -0.3 is 0 Å². The zero-order valence-corrected chi connectivity index (χ0v) is 10.8. The van der Waals surface area contributed by atoms with E-state index >= 15 is 0 Å². The molecule has 102 valence electrons. The number of benzene rings is 1. The largest absolute Gasteiger partial charge is 0.416 e. The predicted octanol–water partition coefficient (Wildman–Crippen LogP) is 4.22. The maximum Gasteiger partial charge on any atom is 0.416 e. The van der Waals surface area contributed by atoms with E-state index in [1.165, 1.54) is 24.4 Å². The third kappa shape index (κ3) is 3.28. The van der Waals surface area contributed by atoms with Crippen LogP contribution >= 0.6 is 11.6 Å². The van der Waals surface area contributed by atoms with Crippen molar-refractivity contribution in [3.8, 4) is 6.07 Å². The Bertz CT molecular complexity index is 658. The summed E-state index contributed by atoms with van der Waals surface area (Å²) in [6, 6.07) is 8.22. The Morgan fingerprint density at radius 2 is 1.85 bits per heavy atom. The quantitative estimate of drug-likeness (QED) is 0.832. The molecular weight excluding hydrogens is 289 g/mol. The Kier molecular flexibility index (Phi) is 3.96. The Morgan fingerprint density at radius 3 is 2.40 bits per heavy atom. The number of alkyl halides is 3. The number of hydrogen-bond donors (Lipinski definition) is 0. The molecule has 0 amide bonds. The molecular formula is C14H8ClF3N2. The summed E-state index contributed by atoms with van der Waals surface area (Å²) >= 11 is 5.73. The Balaban J connectivity index is 2.25. The van der Waals surface area contributed by atoms with E-state index in [0.717, 1.165) is 12.1 Å². The first-order chi connectivity index (χ1) is 9.40. The van der Waals surface area contributed by atoms with Gasteiger partial charge in [0.25, 0.3) is 0 Å². The first-order valence-electron chi connectivity index (χ1n) is 5.61. The Hall–Kier alpha value is -2.06. The van der Waals surface area contributed by atoms with Gasteiger partial charge in [-0.15, -0.1) is 0 Å². The fraction of sp³-hybridized carbons (Fsp3) is 0.143. The first kappa shape index (κ1) is 14.4. The van der Waals surface area contributed by atoms with Crippen LogP contribution in [0.4, 0.5) is 13.2 Å². The lowest BCUT2D eigenvalue weighted by atomic mass is 10.0. The van der Waals surface area contributed by atoms with Crippen LogP contribution in [0.1, 0.15) is 22.4 Å². The third-order valence-electron chi connectivity index (χ3n) is 2.71. The van der Waals surface area contributed by atoms with Gasteiger partial charge in [0.1, 0.15) is 6.07 Å². The zero-order chi connectivity index (χ0) is 14.8. The lowest BCUT2D eigenvalue weighted by Crippen LogP contribution is -2.05. The van der Waals surface area contributed by atoms with Gasteiger partial charge in [0, 0.05) is 12.6 Å². The van der Waals surface area contributed by atoms with E-state index in [0.29, 0.717) is 21.8 Å². The van der Waals surface area contributed by atoms with E-state index in [9.17, 15) is 13.2 Å². The number of aromatic nitrogens is 1. The highest BCUT2D eigenvalue weighted by molar-refractivity contribution is 6.30. The van der Waals surface area contributed by atoms with Crippen molar-refractivity contribution in [1.82, 2.24) is 4.98 Å². The van der Waals surface area contributed by atoms with E-state index in [4.69, 9.17) is 16.9 Å². The van der Waals surface area contributed by atoms with Gasteiger partial charge >= 0.3 is 6.18 Å². The molecule has 0 radical (unpaired) electrons. The molecule has 0 unspecified atom stereocenters. The van der Waals surface area contributed by atoms with E-state index in [2.05, 4.69) is 4.98 Å². The van der Waals surface area contributed by atoms with Gasteiger partial charge in [-0.1, -0.05) is 23.7 Å². The van der Waals surface area contributed by atoms with Crippen LogP contribution in [0.5, 0.6) is 0 Å². The molecule has 2 nitrogen and oxygen atoms in total. The molecule has 0 saturated heterocycles. The number of hydrogen-bond acceptors (Lipinski definition) is 2. The Morgan fingerprint density at radius 1 is 1.20 bits per heavy atom. The Labute approximate surface area is 118 Å². The van der Waals surface area contributed by atoms with Crippen molar-refractivity contribution in [2.45, 2.75) is 12.6 Å². The van der Waals surface area contributed by atoms with Crippen LogP contribution in [0.3, 0.4) is 0 Å². The van der Waals surface area contributed by atoms with Crippen molar-refractivity contribution in [3.63, 3.8) is 0 Å². The van der Waals surface area contributed by atoms with Gasteiger partial charge in [-0.2, -0.15) is 18.4 Å². The standard InChI is InChI=1S/C14H8ClF3N2/c15-12-6-10(7-19)13(20-8-12)5-9-1-3-11(4-2-9)14(16,17)18/h1-4,6,8H,5H2. The summed E-state index contributed by atoms with van der Waals surface area (Å²) in [5.74, 6) is 0. The third-order valence-corrected chi connectivity index (χ3v) is 2.92. The molecule has 0 N–H and O–H groups in total. The smallest absolute Gasteiger partial charge is 0.258 e. The summed E-state index contributed by atoms with van der Waals surface area (Å²) in [4.78, 5) is 4.04. The van der Waals surface area contributed by atoms with E-state index in [1.807, 2.05) is 6.07 Å². The molecule has 0 aliphatic carbocycles. The molecule has 0 spiro atoms. The van der Waals surface area contributed by atoms with E-state index in [1.54, 1.807) is 0 Å². The fourth-order valence-electron chi connectivity index (χ4n) is 1.71. The van der Waals surface area contributed by atoms with Crippen LogP contribution in [0.25, 0.3) is 0 Å². The van der Waals surface area contributed by atoms with E-state index in [-0.39, 0.29) is 6.42 Å². The maximum atomic E-state index is 12.4. The normalized spacial score (nSPS) is 11.2. The minimum Gasteiger partial charge on any atom is -0.258 e. The highest BCUT2D eigenvalue weighted by atomic mass is 35.5. The second-order valence-electron chi connectivity index (χ2n) is 4.13. The summed E-state index contributed by atoms with van der Waals surface area (Å²) in [6.45, 7) is 0. The summed E-state index contributed by atoms with van der Waals surface area (Å²) in [5, 5.41) is 9.32. The topological polar surface area (TPSA) is 36.7 Å². The summed E-state index contributed by atoms with van der Waals surface area (Å²) in [7, 11) is 0. The number of nitrogens with zero attached hydrogens (tertiary/aromatic N) is 2. The average molecular weight is 297 g/mol. The van der Waals surface area contributed by atoms with Crippen LogP contribution in [0.15, 0.2) is 36.5 Å². The average Bonchev–Trinajstić information content (AvgIpc) is 2.40. The van der Waals surface area contributed by atoms with Crippen molar-refractivity contribution in [3.05, 3.63) is 63.9 Å². The molecule has 0 aliphatic rings. The molecule has 0 saturated carbocycles. The van der Waals surface area contributed by atoms with Crippen LogP contribution < -0.4 is 0 Å². The van der Waals surface area contributed by atoms with Crippen LogP contribution in [0, 0.1) is 11.3 Å². The molecule has 2 aromatic rings. The molecule has 1 aromatic heterocycles. The molecule has 0 aliphatic heterocycles. The molecule has 1 heterocycles. The molecule has 0 atom stereocenters. The highest BCUT2D eigenvalue weighted by Gasteiger charge is 2.29. The lowest BCUT2D eigenvalue weighted by molar-refractivity contribution is -0.137. The van der Waals surface area contributed by atoms with Gasteiger partial charge in [0.15, 0.2) is 0 Å². The molecule has 20 heavy (non-hydrogen) atoms. The van der Waals surface area contributed by atoms with Crippen molar-refractivity contribution in [2.24, 2.45) is 0 Å². The number of rotatable bonds is 2. The molecule has 2 rings (SSSR count). The molecule has 1 aromatic carbocycles. The van der Waals surface area contributed by atoms with Crippen molar-refractivity contribution >= 4 is 11.6 Å². The predicted molar refractivity (Wildman–Crippen MR) is 68.2 cm³/mol. The summed E-state index contributed by atoms with van der Waals surface area (Å²) in [5.41, 5.74) is 0.740. The minimum atomic E-state index is -4.35. The summed E-state index contributed by atoms with van der Waals surface area (Å²) < 4.78 is 37.3. The van der Waals surface area contributed by atoms with Gasteiger partial charge in [-0.3, -0.25) is 4.98 Å². The highest BCUT2D eigenvalue weighted by Crippen LogP contribution is 2.29. The van der Waals surface area contributed by atoms with Crippen LogP contribution in [-0.2, 0) is 12.6 Å².